The first-order valence-corrected chi connectivity index (χ1v) is 6.35. The third-order valence-electron chi connectivity index (χ3n) is 3.74. The Morgan fingerprint density at radius 2 is 2.05 bits per heavy atom. The molecule has 0 aromatic heterocycles. The van der Waals surface area contributed by atoms with E-state index in [-0.39, 0.29) is 23.9 Å². The predicted molar refractivity (Wildman–Crippen MR) is 69.0 cm³/mol. The van der Waals surface area contributed by atoms with Gasteiger partial charge in [-0.15, -0.1) is 0 Å². The Balaban J connectivity index is 1.85. The van der Waals surface area contributed by atoms with E-state index in [9.17, 15) is 4.39 Å². The summed E-state index contributed by atoms with van der Waals surface area (Å²) in [5, 5.41) is 11.5. The van der Waals surface area contributed by atoms with Crippen molar-refractivity contribution in [3.8, 4) is 0 Å². The first-order valence-electron chi connectivity index (χ1n) is 6.35. The van der Waals surface area contributed by atoms with E-state index in [0.717, 1.165) is 25.9 Å². The highest BCUT2D eigenvalue weighted by atomic mass is 19.1. The summed E-state index contributed by atoms with van der Waals surface area (Å²) in [6, 6.07) is 4.63. The number of nitrogens with two attached hydrogens (primary N) is 1. The maximum Gasteiger partial charge on any atom is 0.170 e. The van der Waals surface area contributed by atoms with Crippen LogP contribution >= 0.6 is 0 Å². The number of oxime groups is 1. The van der Waals surface area contributed by atoms with Gasteiger partial charge in [0.1, 0.15) is 5.82 Å². The molecule has 0 amide bonds. The van der Waals surface area contributed by atoms with Gasteiger partial charge in [0.2, 0.25) is 0 Å². The van der Waals surface area contributed by atoms with Crippen LogP contribution in [0.15, 0.2) is 23.4 Å². The predicted octanol–water partition coefficient (Wildman–Crippen LogP) is 1.29. The Labute approximate surface area is 110 Å². The standard InChI is InChI=1S/C13H16FN3O2/c14-11-5-8(13(15)16-18)1-4-12(11)17-6-9-2-3-10(7-17)19-9/h1,4-5,9-10,18H,2-3,6-7H2,(H2,15,16). The maximum atomic E-state index is 14.1. The number of morpholine rings is 1. The zero-order valence-electron chi connectivity index (χ0n) is 10.4. The van der Waals surface area contributed by atoms with Crippen molar-refractivity contribution in [2.24, 2.45) is 10.9 Å². The van der Waals surface area contributed by atoms with Crippen molar-refractivity contribution in [3.63, 3.8) is 0 Å². The molecule has 6 heteroatoms. The summed E-state index contributed by atoms with van der Waals surface area (Å²) >= 11 is 0. The minimum absolute atomic E-state index is 0.0903. The number of nitrogens with zero attached hydrogens (tertiary/aromatic N) is 2. The first-order chi connectivity index (χ1) is 9.17. The lowest BCUT2D eigenvalue weighted by atomic mass is 10.1. The summed E-state index contributed by atoms with van der Waals surface area (Å²) in [5.41, 5.74) is 6.37. The lowest BCUT2D eigenvalue weighted by Crippen LogP contribution is -2.43. The number of ether oxygens (including phenoxy) is 1. The van der Waals surface area contributed by atoms with Gasteiger partial charge in [0.05, 0.1) is 17.9 Å². The van der Waals surface area contributed by atoms with Crippen molar-refractivity contribution in [3.05, 3.63) is 29.6 Å². The molecule has 2 aliphatic heterocycles. The molecule has 1 aromatic rings. The van der Waals surface area contributed by atoms with Gasteiger partial charge in [-0.1, -0.05) is 5.16 Å². The van der Waals surface area contributed by atoms with Gasteiger partial charge in [-0.2, -0.15) is 0 Å². The van der Waals surface area contributed by atoms with Crippen LogP contribution in [0, 0.1) is 5.82 Å². The number of amidine groups is 1. The van der Waals surface area contributed by atoms with Crippen molar-refractivity contribution >= 4 is 11.5 Å². The first kappa shape index (κ1) is 12.2. The van der Waals surface area contributed by atoms with Crippen LogP contribution in [0.2, 0.25) is 0 Å². The van der Waals surface area contributed by atoms with Gasteiger partial charge in [-0.3, -0.25) is 0 Å². The molecule has 2 unspecified atom stereocenters. The van der Waals surface area contributed by atoms with Gasteiger partial charge in [0, 0.05) is 18.7 Å². The minimum atomic E-state index is -0.356. The van der Waals surface area contributed by atoms with Crippen molar-refractivity contribution in [1.82, 2.24) is 0 Å². The Hall–Kier alpha value is -1.82. The number of anilines is 1. The van der Waals surface area contributed by atoms with E-state index >= 15 is 0 Å². The number of hydrogen-bond acceptors (Lipinski definition) is 4. The van der Waals surface area contributed by atoms with Crippen molar-refractivity contribution in [2.75, 3.05) is 18.0 Å². The number of rotatable bonds is 2. The quantitative estimate of drug-likeness (QED) is 0.366. The zero-order valence-corrected chi connectivity index (χ0v) is 10.4. The Bertz CT molecular complexity index is 509. The lowest BCUT2D eigenvalue weighted by Gasteiger charge is -2.34. The van der Waals surface area contributed by atoms with Crippen LogP contribution in [0.1, 0.15) is 18.4 Å². The molecule has 0 saturated carbocycles. The highest BCUT2D eigenvalue weighted by Crippen LogP contribution is 2.31. The Kier molecular flexibility index (Phi) is 3.02. The van der Waals surface area contributed by atoms with E-state index in [1.54, 1.807) is 12.1 Å². The molecule has 2 saturated heterocycles. The molecule has 0 radical (unpaired) electrons. The zero-order chi connectivity index (χ0) is 13.4. The lowest BCUT2D eigenvalue weighted by molar-refractivity contribution is 0.0303. The van der Waals surface area contributed by atoms with Crippen molar-refractivity contribution in [2.45, 2.75) is 25.0 Å². The number of hydrogen-bond donors (Lipinski definition) is 2. The van der Waals surface area contributed by atoms with Gasteiger partial charge in [-0.25, -0.2) is 4.39 Å². The summed E-state index contributed by atoms with van der Waals surface area (Å²) < 4.78 is 19.9. The maximum absolute atomic E-state index is 14.1. The molecule has 3 N–H and O–H groups in total. The van der Waals surface area contributed by atoms with Gasteiger partial charge >= 0.3 is 0 Å². The fourth-order valence-corrected chi connectivity index (χ4v) is 2.79. The third-order valence-corrected chi connectivity index (χ3v) is 3.74. The van der Waals surface area contributed by atoms with Crippen LogP contribution < -0.4 is 10.6 Å². The van der Waals surface area contributed by atoms with Crippen LogP contribution in [0.5, 0.6) is 0 Å². The molecular weight excluding hydrogens is 249 g/mol. The number of fused-ring (bicyclic) bond motifs is 2. The molecule has 2 heterocycles. The second-order valence-corrected chi connectivity index (χ2v) is 5.01. The third kappa shape index (κ3) is 2.23. The highest BCUT2D eigenvalue weighted by molar-refractivity contribution is 5.97. The molecule has 5 nitrogen and oxygen atoms in total. The average Bonchev–Trinajstić information content (AvgIpc) is 2.76. The van der Waals surface area contributed by atoms with Crippen LogP contribution in [0.3, 0.4) is 0 Å². The summed E-state index contributed by atoms with van der Waals surface area (Å²) in [6.07, 6.45) is 2.51. The van der Waals surface area contributed by atoms with E-state index < -0.39 is 0 Å². The van der Waals surface area contributed by atoms with E-state index in [4.69, 9.17) is 15.7 Å². The molecule has 1 aromatic carbocycles. The molecule has 2 aliphatic rings. The van der Waals surface area contributed by atoms with E-state index in [1.165, 1.54) is 6.07 Å². The van der Waals surface area contributed by atoms with E-state index in [1.807, 2.05) is 4.90 Å². The average molecular weight is 265 g/mol. The van der Waals surface area contributed by atoms with E-state index in [0.29, 0.717) is 11.3 Å². The van der Waals surface area contributed by atoms with Gasteiger partial charge < -0.3 is 20.6 Å². The van der Waals surface area contributed by atoms with Crippen molar-refractivity contribution < 1.29 is 14.3 Å². The smallest absolute Gasteiger partial charge is 0.170 e. The molecule has 0 aliphatic carbocycles. The summed E-state index contributed by atoms with van der Waals surface area (Å²) in [6.45, 7) is 1.44. The number of benzene rings is 1. The molecule has 2 fully saturated rings. The van der Waals surface area contributed by atoms with Crippen LogP contribution in [-0.2, 0) is 4.74 Å². The second-order valence-electron chi connectivity index (χ2n) is 5.01. The molecule has 2 atom stereocenters. The van der Waals surface area contributed by atoms with Gasteiger partial charge in [0.25, 0.3) is 0 Å². The monoisotopic (exact) mass is 265 g/mol. The Morgan fingerprint density at radius 1 is 1.37 bits per heavy atom. The highest BCUT2D eigenvalue weighted by Gasteiger charge is 2.34. The van der Waals surface area contributed by atoms with Crippen LogP contribution in [-0.4, -0.2) is 36.3 Å². The second kappa shape index (κ2) is 4.70. The molecule has 19 heavy (non-hydrogen) atoms. The fraction of sp³-hybridized carbons (Fsp3) is 0.462. The van der Waals surface area contributed by atoms with Crippen LogP contribution in [0.25, 0.3) is 0 Å². The topological polar surface area (TPSA) is 71.1 Å². The molecular formula is C13H16FN3O2. The summed E-state index contributed by atoms with van der Waals surface area (Å²) in [4.78, 5) is 2.01. The van der Waals surface area contributed by atoms with Crippen molar-refractivity contribution in [1.29, 1.82) is 0 Å². The molecule has 3 rings (SSSR count). The van der Waals surface area contributed by atoms with Crippen LogP contribution in [0.4, 0.5) is 10.1 Å². The minimum Gasteiger partial charge on any atom is -0.409 e. The van der Waals surface area contributed by atoms with Gasteiger partial charge in [-0.05, 0) is 31.0 Å². The molecule has 2 bridgehead atoms. The van der Waals surface area contributed by atoms with Gasteiger partial charge in [0.15, 0.2) is 5.84 Å². The van der Waals surface area contributed by atoms with E-state index in [2.05, 4.69) is 5.16 Å². The fourth-order valence-electron chi connectivity index (χ4n) is 2.79. The summed E-state index contributed by atoms with van der Waals surface area (Å²) in [7, 11) is 0. The number of halogens is 1. The summed E-state index contributed by atoms with van der Waals surface area (Å²) in [5.74, 6) is -0.446. The SMILES string of the molecule is NC(=NO)c1ccc(N2CC3CCC(C2)O3)c(F)c1. The largest absolute Gasteiger partial charge is 0.409 e. The Morgan fingerprint density at radius 3 is 2.63 bits per heavy atom. The normalized spacial score (nSPS) is 26.8. The molecule has 0 spiro atoms. The molecule has 102 valence electrons.